The second kappa shape index (κ2) is 8.44. The van der Waals surface area contributed by atoms with Gasteiger partial charge in [-0.2, -0.15) is 0 Å². The van der Waals surface area contributed by atoms with Gasteiger partial charge in [0.05, 0.1) is 12.4 Å². The van der Waals surface area contributed by atoms with Crippen molar-refractivity contribution in [3.05, 3.63) is 0 Å². The van der Waals surface area contributed by atoms with Gasteiger partial charge in [0, 0.05) is 12.8 Å². The number of nitrogens with one attached hydrogen (secondary N) is 1. The third kappa shape index (κ3) is 8.43. The van der Waals surface area contributed by atoms with Gasteiger partial charge in [0.1, 0.15) is 15.9 Å². The van der Waals surface area contributed by atoms with E-state index >= 15 is 0 Å². The predicted molar refractivity (Wildman–Crippen MR) is 71.3 cm³/mol. The summed E-state index contributed by atoms with van der Waals surface area (Å²) in [5.41, 5.74) is 0. The standard InChI is InChI=1S/C11H24N2O4S/c1-5-17-11(14)10(12-2)6-7-13(3)8-9-18(4,15)16/h10,12H,5-9H2,1-4H3. The first-order chi connectivity index (χ1) is 8.30. The van der Waals surface area contributed by atoms with Crippen LogP contribution in [0, 0.1) is 0 Å². The minimum atomic E-state index is -2.94. The van der Waals surface area contributed by atoms with E-state index in [1.807, 2.05) is 11.9 Å². The van der Waals surface area contributed by atoms with E-state index in [9.17, 15) is 13.2 Å². The van der Waals surface area contributed by atoms with E-state index in [1.54, 1.807) is 14.0 Å². The average molecular weight is 280 g/mol. The molecule has 0 spiro atoms. The molecule has 0 aliphatic heterocycles. The Morgan fingerprint density at radius 2 is 2.00 bits per heavy atom. The van der Waals surface area contributed by atoms with Gasteiger partial charge in [-0.3, -0.25) is 4.79 Å². The number of carbonyl (C=O) groups is 1. The molecule has 0 fully saturated rings. The molecule has 0 heterocycles. The summed E-state index contributed by atoms with van der Waals surface area (Å²) >= 11 is 0. The Bertz CT molecular complexity index is 343. The van der Waals surface area contributed by atoms with Crippen LogP contribution in [0.25, 0.3) is 0 Å². The van der Waals surface area contributed by atoms with Gasteiger partial charge < -0.3 is 15.0 Å². The van der Waals surface area contributed by atoms with Crippen LogP contribution in [-0.4, -0.2) is 71.1 Å². The highest BCUT2D eigenvalue weighted by molar-refractivity contribution is 7.90. The van der Waals surface area contributed by atoms with Crippen LogP contribution in [0.4, 0.5) is 0 Å². The summed E-state index contributed by atoms with van der Waals surface area (Å²) in [7, 11) is 0.606. The fourth-order valence-corrected chi connectivity index (χ4v) is 2.05. The molecule has 18 heavy (non-hydrogen) atoms. The number of hydrogen-bond acceptors (Lipinski definition) is 6. The molecule has 0 radical (unpaired) electrons. The van der Waals surface area contributed by atoms with Crippen LogP contribution in [0.1, 0.15) is 13.3 Å². The lowest BCUT2D eigenvalue weighted by Crippen LogP contribution is -2.39. The molecule has 6 nitrogen and oxygen atoms in total. The number of esters is 1. The van der Waals surface area contributed by atoms with Crippen LogP contribution in [0.5, 0.6) is 0 Å². The lowest BCUT2D eigenvalue weighted by molar-refractivity contribution is -0.145. The van der Waals surface area contributed by atoms with Gasteiger partial charge in [0.15, 0.2) is 0 Å². The van der Waals surface area contributed by atoms with Crippen molar-refractivity contribution >= 4 is 15.8 Å². The number of nitrogens with zero attached hydrogens (tertiary/aromatic N) is 1. The maximum Gasteiger partial charge on any atom is 0.323 e. The third-order valence-corrected chi connectivity index (χ3v) is 3.49. The van der Waals surface area contributed by atoms with E-state index in [-0.39, 0.29) is 17.8 Å². The Balaban J connectivity index is 4.01. The van der Waals surface area contributed by atoms with Crippen molar-refractivity contribution in [2.75, 3.05) is 45.8 Å². The predicted octanol–water partition coefficient (Wildman–Crippen LogP) is -0.496. The van der Waals surface area contributed by atoms with E-state index in [1.165, 1.54) is 6.26 Å². The molecule has 0 rings (SSSR count). The summed E-state index contributed by atoms with van der Waals surface area (Å²) in [6, 6.07) is -0.342. The Morgan fingerprint density at radius 3 is 2.44 bits per heavy atom. The molecule has 0 aromatic heterocycles. The molecule has 0 aromatic carbocycles. The highest BCUT2D eigenvalue weighted by atomic mass is 32.2. The lowest BCUT2D eigenvalue weighted by Gasteiger charge is -2.20. The number of sulfone groups is 1. The number of likely N-dealkylation sites (N-methyl/N-ethyl adjacent to an activating group) is 1. The Kier molecular flexibility index (Phi) is 8.13. The zero-order valence-electron chi connectivity index (χ0n) is 11.6. The van der Waals surface area contributed by atoms with Gasteiger partial charge in [-0.15, -0.1) is 0 Å². The van der Waals surface area contributed by atoms with Crippen LogP contribution >= 0.6 is 0 Å². The largest absolute Gasteiger partial charge is 0.465 e. The average Bonchev–Trinajstić information content (AvgIpc) is 2.26. The van der Waals surface area contributed by atoms with E-state index in [4.69, 9.17) is 4.74 Å². The summed E-state index contributed by atoms with van der Waals surface area (Å²) in [6.07, 6.45) is 1.81. The van der Waals surface area contributed by atoms with Crippen LogP contribution in [0.2, 0.25) is 0 Å². The van der Waals surface area contributed by atoms with Gasteiger partial charge in [-0.25, -0.2) is 8.42 Å². The monoisotopic (exact) mass is 280 g/mol. The first kappa shape index (κ1) is 17.3. The number of ether oxygens (including phenoxy) is 1. The third-order valence-electron chi connectivity index (χ3n) is 2.56. The van der Waals surface area contributed by atoms with Crippen molar-refractivity contribution in [1.82, 2.24) is 10.2 Å². The second-order valence-electron chi connectivity index (χ2n) is 4.32. The van der Waals surface area contributed by atoms with Crippen molar-refractivity contribution in [3.63, 3.8) is 0 Å². The molecule has 0 aliphatic rings. The normalized spacial score (nSPS) is 13.6. The zero-order chi connectivity index (χ0) is 14.2. The van der Waals surface area contributed by atoms with Gasteiger partial charge in [-0.1, -0.05) is 0 Å². The van der Waals surface area contributed by atoms with Crippen LogP contribution < -0.4 is 5.32 Å². The second-order valence-corrected chi connectivity index (χ2v) is 6.57. The van der Waals surface area contributed by atoms with Crippen molar-refractivity contribution in [1.29, 1.82) is 0 Å². The van der Waals surface area contributed by atoms with E-state index in [0.29, 0.717) is 26.1 Å². The minimum Gasteiger partial charge on any atom is -0.465 e. The number of rotatable bonds is 9. The topological polar surface area (TPSA) is 75.7 Å². The molecule has 0 aromatic rings. The fourth-order valence-electron chi connectivity index (χ4n) is 1.41. The molecule has 0 saturated heterocycles. The maximum absolute atomic E-state index is 11.5. The lowest BCUT2D eigenvalue weighted by atomic mass is 10.2. The maximum atomic E-state index is 11.5. The van der Waals surface area contributed by atoms with Crippen molar-refractivity contribution in [2.45, 2.75) is 19.4 Å². The molecule has 0 amide bonds. The minimum absolute atomic E-state index is 0.132. The van der Waals surface area contributed by atoms with Gasteiger partial charge in [0.2, 0.25) is 0 Å². The summed E-state index contributed by atoms with van der Waals surface area (Å²) in [6.45, 7) is 3.24. The van der Waals surface area contributed by atoms with Crippen LogP contribution in [0.15, 0.2) is 0 Å². The highest BCUT2D eigenvalue weighted by Gasteiger charge is 2.18. The quantitative estimate of drug-likeness (QED) is 0.574. The summed E-state index contributed by atoms with van der Waals surface area (Å²) < 4.78 is 26.9. The Hall–Kier alpha value is -0.660. The van der Waals surface area contributed by atoms with Gasteiger partial charge >= 0.3 is 5.97 Å². The van der Waals surface area contributed by atoms with Crippen molar-refractivity contribution in [3.8, 4) is 0 Å². The molecule has 1 atom stereocenters. The molecule has 0 aliphatic carbocycles. The highest BCUT2D eigenvalue weighted by Crippen LogP contribution is 1.98. The zero-order valence-corrected chi connectivity index (χ0v) is 12.4. The van der Waals surface area contributed by atoms with E-state index in [0.717, 1.165) is 0 Å². The van der Waals surface area contributed by atoms with Crippen molar-refractivity contribution < 1.29 is 17.9 Å². The van der Waals surface area contributed by atoms with Crippen LogP contribution in [0.3, 0.4) is 0 Å². The molecule has 108 valence electrons. The summed E-state index contributed by atoms with van der Waals surface area (Å²) in [5, 5.41) is 2.89. The first-order valence-electron chi connectivity index (χ1n) is 6.00. The van der Waals surface area contributed by atoms with E-state index in [2.05, 4.69) is 5.32 Å². The molecule has 7 heteroatoms. The SMILES string of the molecule is CCOC(=O)C(CCN(C)CCS(C)(=O)=O)NC. The van der Waals surface area contributed by atoms with Crippen LogP contribution in [-0.2, 0) is 19.4 Å². The number of hydrogen-bond donors (Lipinski definition) is 1. The molecule has 1 N–H and O–H groups in total. The van der Waals surface area contributed by atoms with Crippen molar-refractivity contribution in [2.24, 2.45) is 0 Å². The molecule has 1 unspecified atom stereocenters. The molecular formula is C11H24N2O4S. The first-order valence-corrected chi connectivity index (χ1v) is 8.06. The molecular weight excluding hydrogens is 256 g/mol. The Labute approximate surface area is 110 Å². The fraction of sp³-hybridized carbons (Fsp3) is 0.909. The molecule has 0 saturated carbocycles. The summed E-state index contributed by atoms with van der Waals surface area (Å²) in [5.74, 6) is -0.135. The summed E-state index contributed by atoms with van der Waals surface area (Å²) in [4.78, 5) is 13.4. The van der Waals surface area contributed by atoms with Gasteiger partial charge in [-0.05, 0) is 34.0 Å². The smallest absolute Gasteiger partial charge is 0.323 e. The van der Waals surface area contributed by atoms with E-state index < -0.39 is 9.84 Å². The number of carbonyl (C=O) groups excluding carboxylic acids is 1. The molecule has 0 bridgehead atoms. The Morgan fingerprint density at radius 1 is 1.39 bits per heavy atom. The van der Waals surface area contributed by atoms with Gasteiger partial charge in [0.25, 0.3) is 0 Å².